The third-order valence-corrected chi connectivity index (χ3v) is 2.79. The summed E-state index contributed by atoms with van der Waals surface area (Å²) in [5.74, 6) is -4.91. The molecule has 0 radical (unpaired) electrons. The summed E-state index contributed by atoms with van der Waals surface area (Å²) in [6.07, 6.45) is 0. The van der Waals surface area contributed by atoms with E-state index in [1.54, 1.807) is 6.07 Å². The van der Waals surface area contributed by atoms with Crippen LogP contribution in [0.4, 0.5) is 0 Å². The Morgan fingerprint density at radius 1 is 0.692 bits per heavy atom. The zero-order valence-electron chi connectivity index (χ0n) is 14.1. The number of carbonyl (C=O) groups is 4. The molecule has 0 spiro atoms. The molecule has 140 valence electrons. The number of rotatable bonds is 4. The number of amides is 1. The van der Waals surface area contributed by atoms with Crippen molar-refractivity contribution in [2.45, 2.75) is 0 Å². The van der Waals surface area contributed by atoms with Gasteiger partial charge >= 0.3 is 5.97 Å². The summed E-state index contributed by atoms with van der Waals surface area (Å²) in [5, 5.41) is 29.3. The molecule has 0 unspecified atom stereocenters. The molecule has 11 N–H and O–H groups in total. The second kappa shape index (κ2) is 10.9. The topological polar surface area (TPSA) is 234 Å². The first-order valence-corrected chi connectivity index (χ1v) is 6.39. The second-order valence-electron chi connectivity index (χ2n) is 4.34. The van der Waals surface area contributed by atoms with Crippen molar-refractivity contribution in [1.82, 2.24) is 12.3 Å². The van der Waals surface area contributed by atoms with Crippen molar-refractivity contribution in [1.29, 1.82) is 0 Å². The van der Waals surface area contributed by atoms with Crippen LogP contribution < -0.4 is 28.2 Å². The first kappa shape index (κ1) is 24.5. The van der Waals surface area contributed by atoms with Gasteiger partial charge in [0, 0.05) is 11.1 Å². The van der Waals surface area contributed by atoms with E-state index in [4.69, 9.17) is 10.8 Å². The van der Waals surface area contributed by atoms with Crippen LogP contribution in [-0.4, -0.2) is 28.9 Å². The van der Waals surface area contributed by atoms with Gasteiger partial charge in [-0.15, -0.1) is 0 Å². The monoisotopic (exact) mass is 365 g/mol. The maximum atomic E-state index is 10.7. The Labute approximate surface area is 148 Å². The van der Waals surface area contributed by atoms with Crippen LogP contribution in [0.15, 0.2) is 48.5 Å². The fraction of sp³-hybridized carbons (Fsp3) is 0. The lowest BCUT2D eigenvalue weighted by molar-refractivity contribution is -0.259. The Morgan fingerprint density at radius 3 is 1.23 bits per heavy atom. The van der Waals surface area contributed by atoms with Gasteiger partial charge in [0.1, 0.15) is 0 Å². The summed E-state index contributed by atoms with van der Waals surface area (Å²) in [7, 11) is 0. The summed E-state index contributed by atoms with van der Waals surface area (Å²) < 4.78 is 0. The minimum absolute atomic E-state index is 0. The minimum Gasteiger partial charge on any atom is -0.545 e. The molecule has 0 bridgehead atoms. The van der Waals surface area contributed by atoms with E-state index in [9.17, 15) is 29.4 Å². The van der Waals surface area contributed by atoms with Crippen molar-refractivity contribution in [3.63, 3.8) is 0 Å². The average molecular weight is 365 g/mol. The number of primary amides is 1. The maximum absolute atomic E-state index is 10.7. The Hall–Kier alpha value is -3.76. The molecule has 0 atom stereocenters. The predicted molar refractivity (Wildman–Crippen MR) is 89.0 cm³/mol. The molecule has 10 heteroatoms. The lowest BCUT2D eigenvalue weighted by Gasteiger charge is -2.09. The van der Waals surface area contributed by atoms with Crippen molar-refractivity contribution in [3.8, 4) is 0 Å². The molecule has 0 saturated carbocycles. The van der Waals surface area contributed by atoms with Crippen LogP contribution in [0.25, 0.3) is 0 Å². The largest absolute Gasteiger partial charge is 0.545 e. The van der Waals surface area contributed by atoms with Crippen molar-refractivity contribution in [2.75, 3.05) is 0 Å². The molecular formula is C16H19N3O7. The fourth-order valence-electron chi connectivity index (χ4n) is 1.72. The van der Waals surface area contributed by atoms with E-state index in [1.807, 2.05) is 0 Å². The molecule has 0 saturated heterocycles. The Morgan fingerprint density at radius 2 is 1.00 bits per heavy atom. The standard InChI is InChI=1S/C8H7NO3.C8H6O4.2H3N/c2*9-7(10)5-3-1-2-4-6(5)8(11)12;;/h1-4H,(H2,9,10)(H,11,12);1-4H,(H,9,10)(H,11,12);2*1H3. The SMILES string of the molecule is NC(=O)c1ccccc1C(=O)O.O=C([O-])c1ccccc1C(=O)[O-].[NH4+].[NH4+]. The van der Waals surface area contributed by atoms with Crippen LogP contribution >= 0.6 is 0 Å². The fourth-order valence-corrected chi connectivity index (χ4v) is 1.72. The van der Waals surface area contributed by atoms with E-state index in [0.29, 0.717) is 0 Å². The van der Waals surface area contributed by atoms with Gasteiger partial charge in [-0.2, -0.15) is 0 Å². The van der Waals surface area contributed by atoms with Gasteiger partial charge in [-0.1, -0.05) is 36.4 Å². The molecule has 26 heavy (non-hydrogen) atoms. The van der Waals surface area contributed by atoms with Crippen molar-refractivity contribution < 1.29 is 34.5 Å². The normalized spacial score (nSPS) is 8.62. The van der Waals surface area contributed by atoms with Crippen molar-refractivity contribution in [3.05, 3.63) is 70.8 Å². The van der Waals surface area contributed by atoms with Gasteiger partial charge in [-0.25, -0.2) is 4.79 Å². The third kappa shape index (κ3) is 6.39. The number of carboxylic acid groups (broad SMARTS) is 3. The van der Waals surface area contributed by atoms with Gasteiger partial charge in [0.05, 0.1) is 23.1 Å². The minimum atomic E-state index is -1.52. The number of carboxylic acids is 3. The van der Waals surface area contributed by atoms with Crippen LogP contribution in [0, 0.1) is 0 Å². The highest BCUT2D eigenvalue weighted by Gasteiger charge is 2.12. The van der Waals surface area contributed by atoms with Gasteiger partial charge in [-0.3, -0.25) is 4.79 Å². The average Bonchev–Trinajstić information content (AvgIpc) is 2.55. The number of carbonyl (C=O) groups excluding carboxylic acids is 3. The lowest BCUT2D eigenvalue weighted by Crippen LogP contribution is -2.29. The summed E-state index contributed by atoms with van der Waals surface area (Å²) in [5.41, 5.74) is 4.19. The number of nitrogens with two attached hydrogens (primary N) is 1. The lowest BCUT2D eigenvalue weighted by atomic mass is 10.1. The summed E-state index contributed by atoms with van der Waals surface area (Å²) in [6.45, 7) is 0. The highest BCUT2D eigenvalue weighted by atomic mass is 16.4. The number of aromatic carboxylic acids is 3. The summed E-state index contributed by atoms with van der Waals surface area (Å²) in [4.78, 5) is 41.9. The summed E-state index contributed by atoms with van der Waals surface area (Å²) >= 11 is 0. The highest BCUT2D eigenvalue weighted by molar-refractivity contribution is 6.04. The zero-order chi connectivity index (χ0) is 18.3. The predicted octanol–water partition coefficient (Wildman–Crippen LogP) is -0.350. The number of hydrogen-bond donors (Lipinski definition) is 4. The molecule has 0 aromatic heterocycles. The van der Waals surface area contributed by atoms with Gasteiger partial charge in [0.25, 0.3) is 0 Å². The molecule has 2 rings (SSSR count). The molecule has 0 fully saturated rings. The van der Waals surface area contributed by atoms with Crippen LogP contribution in [0.2, 0.25) is 0 Å². The molecule has 0 heterocycles. The number of quaternary nitrogens is 2. The molecular weight excluding hydrogens is 346 g/mol. The Balaban J connectivity index is 0. The van der Waals surface area contributed by atoms with Gasteiger partial charge in [0.15, 0.2) is 0 Å². The van der Waals surface area contributed by atoms with Crippen LogP contribution in [0.5, 0.6) is 0 Å². The van der Waals surface area contributed by atoms with E-state index in [2.05, 4.69) is 0 Å². The van der Waals surface area contributed by atoms with E-state index >= 15 is 0 Å². The summed E-state index contributed by atoms with van der Waals surface area (Å²) in [6, 6.07) is 11.0. The molecule has 1 amide bonds. The number of hydrogen-bond acceptors (Lipinski definition) is 6. The van der Waals surface area contributed by atoms with Crippen LogP contribution in [-0.2, 0) is 0 Å². The van der Waals surface area contributed by atoms with Crippen LogP contribution in [0.1, 0.15) is 41.4 Å². The quantitative estimate of drug-likeness (QED) is 0.561. The van der Waals surface area contributed by atoms with Gasteiger partial charge < -0.3 is 42.9 Å². The number of benzene rings is 2. The van der Waals surface area contributed by atoms with E-state index in [-0.39, 0.29) is 34.6 Å². The van der Waals surface area contributed by atoms with Crippen molar-refractivity contribution in [2.24, 2.45) is 5.73 Å². The van der Waals surface area contributed by atoms with Crippen LogP contribution in [0.3, 0.4) is 0 Å². The third-order valence-electron chi connectivity index (χ3n) is 2.79. The van der Waals surface area contributed by atoms with Gasteiger partial charge in [-0.05, 0) is 12.1 Å². The molecule has 0 aliphatic heterocycles. The smallest absolute Gasteiger partial charge is 0.336 e. The Kier molecular flexibility index (Phi) is 10.3. The highest BCUT2D eigenvalue weighted by Crippen LogP contribution is 2.07. The van der Waals surface area contributed by atoms with Gasteiger partial charge in [0.2, 0.25) is 5.91 Å². The molecule has 10 nitrogen and oxygen atoms in total. The molecule has 2 aromatic carbocycles. The molecule has 0 aliphatic carbocycles. The maximum Gasteiger partial charge on any atom is 0.336 e. The van der Waals surface area contributed by atoms with E-state index in [0.717, 1.165) is 12.1 Å². The molecule has 0 aliphatic rings. The van der Waals surface area contributed by atoms with E-state index in [1.165, 1.54) is 30.3 Å². The zero-order valence-corrected chi connectivity index (χ0v) is 14.1. The van der Waals surface area contributed by atoms with Crippen molar-refractivity contribution >= 4 is 23.8 Å². The second-order valence-corrected chi connectivity index (χ2v) is 4.34. The van der Waals surface area contributed by atoms with E-state index < -0.39 is 23.8 Å². The first-order valence-electron chi connectivity index (χ1n) is 6.39. The molecule has 2 aromatic rings. The Bertz CT molecular complexity index is 672. The first-order chi connectivity index (χ1) is 11.3.